The van der Waals surface area contributed by atoms with Crippen LogP contribution in [0, 0.1) is 12.8 Å². The van der Waals surface area contributed by atoms with Gasteiger partial charge in [-0.15, -0.1) is 0 Å². The SMILES string of the molecule is CCC1CCCC(Oc2nc(C3CC3)nc(N)c2C)C1. The molecule has 1 aromatic rings. The van der Waals surface area contributed by atoms with Crippen molar-refractivity contribution in [3.05, 3.63) is 11.4 Å². The molecule has 1 aromatic heterocycles. The maximum Gasteiger partial charge on any atom is 0.222 e. The average molecular weight is 275 g/mol. The van der Waals surface area contributed by atoms with Gasteiger partial charge < -0.3 is 10.5 Å². The third-order valence-corrected chi connectivity index (χ3v) is 4.69. The minimum atomic E-state index is 0.300. The van der Waals surface area contributed by atoms with Crippen molar-refractivity contribution >= 4 is 5.82 Å². The normalized spacial score (nSPS) is 26.5. The van der Waals surface area contributed by atoms with Crippen LogP contribution in [0.2, 0.25) is 0 Å². The third kappa shape index (κ3) is 2.89. The molecule has 0 aromatic carbocycles. The molecule has 0 radical (unpaired) electrons. The van der Waals surface area contributed by atoms with Crippen molar-refractivity contribution in [2.24, 2.45) is 5.92 Å². The molecule has 4 nitrogen and oxygen atoms in total. The van der Waals surface area contributed by atoms with Crippen LogP contribution in [0.25, 0.3) is 0 Å². The van der Waals surface area contributed by atoms with Gasteiger partial charge in [-0.05, 0) is 44.9 Å². The second-order valence-electron chi connectivity index (χ2n) is 6.35. The molecule has 3 rings (SSSR count). The lowest BCUT2D eigenvalue weighted by atomic mass is 9.85. The highest BCUT2D eigenvalue weighted by molar-refractivity contribution is 5.45. The van der Waals surface area contributed by atoms with E-state index >= 15 is 0 Å². The van der Waals surface area contributed by atoms with Crippen LogP contribution in [0.3, 0.4) is 0 Å². The predicted molar refractivity (Wildman–Crippen MR) is 79.8 cm³/mol. The minimum absolute atomic E-state index is 0.300. The van der Waals surface area contributed by atoms with E-state index in [2.05, 4.69) is 16.9 Å². The summed E-state index contributed by atoms with van der Waals surface area (Å²) in [5.41, 5.74) is 6.91. The van der Waals surface area contributed by atoms with Gasteiger partial charge in [-0.25, -0.2) is 4.98 Å². The number of nitrogens with zero attached hydrogens (tertiary/aromatic N) is 2. The Bertz CT molecular complexity index is 485. The topological polar surface area (TPSA) is 61.0 Å². The Hall–Kier alpha value is -1.32. The van der Waals surface area contributed by atoms with Gasteiger partial charge in [-0.2, -0.15) is 4.98 Å². The fourth-order valence-electron chi connectivity index (χ4n) is 3.05. The molecule has 110 valence electrons. The maximum atomic E-state index is 6.19. The second-order valence-corrected chi connectivity index (χ2v) is 6.35. The summed E-state index contributed by atoms with van der Waals surface area (Å²) < 4.78 is 6.19. The van der Waals surface area contributed by atoms with Crippen LogP contribution in [0.15, 0.2) is 0 Å². The first-order valence-electron chi connectivity index (χ1n) is 7.98. The van der Waals surface area contributed by atoms with Gasteiger partial charge in [0.25, 0.3) is 0 Å². The Balaban J connectivity index is 1.75. The van der Waals surface area contributed by atoms with Gasteiger partial charge in [0.15, 0.2) is 0 Å². The molecule has 0 aliphatic heterocycles. The quantitative estimate of drug-likeness (QED) is 0.912. The molecule has 2 unspecified atom stereocenters. The average Bonchev–Trinajstić information content (AvgIpc) is 3.28. The Morgan fingerprint density at radius 3 is 2.70 bits per heavy atom. The first-order chi connectivity index (χ1) is 9.67. The van der Waals surface area contributed by atoms with Crippen LogP contribution in [0.5, 0.6) is 5.88 Å². The monoisotopic (exact) mass is 275 g/mol. The molecule has 2 atom stereocenters. The van der Waals surface area contributed by atoms with E-state index in [9.17, 15) is 0 Å². The van der Waals surface area contributed by atoms with E-state index in [4.69, 9.17) is 10.5 Å². The number of nitrogens with two attached hydrogens (primary N) is 1. The van der Waals surface area contributed by atoms with Crippen molar-refractivity contribution in [2.45, 2.75) is 70.8 Å². The van der Waals surface area contributed by atoms with Gasteiger partial charge >= 0.3 is 0 Å². The third-order valence-electron chi connectivity index (χ3n) is 4.69. The van der Waals surface area contributed by atoms with E-state index in [0.29, 0.717) is 17.8 Å². The zero-order valence-corrected chi connectivity index (χ0v) is 12.6. The first-order valence-corrected chi connectivity index (χ1v) is 7.98. The summed E-state index contributed by atoms with van der Waals surface area (Å²) >= 11 is 0. The van der Waals surface area contributed by atoms with Crippen molar-refractivity contribution in [3.8, 4) is 5.88 Å². The van der Waals surface area contributed by atoms with Gasteiger partial charge in [-0.3, -0.25) is 0 Å². The molecule has 2 aliphatic rings. The molecule has 1 heterocycles. The second kappa shape index (κ2) is 5.58. The van der Waals surface area contributed by atoms with E-state index in [1.807, 2.05) is 6.92 Å². The fraction of sp³-hybridized carbons (Fsp3) is 0.750. The summed E-state index contributed by atoms with van der Waals surface area (Å²) in [4.78, 5) is 9.03. The molecule has 2 saturated carbocycles. The number of rotatable bonds is 4. The van der Waals surface area contributed by atoms with Crippen molar-refractivity contribution in [1.82, 2.24) is 9.97 Å². The molecular formula is C16H25N3O. The van der Waals surface area contributed by atoms with Gasteiger partial charge in [0.2, 0.25) is 5.88 Å². The van der Waals surface area contributed by atoms with Gasteiger partial charge in [0.05, 0.1) is 5.56 Å². The lowest BCUT2D eigenvalue weighted by Gasteiger charge is -2.29. The zero-order valence-electron chi connectivity index (χ0n) is 12.6. The molecule has 2 N–H and O–H groups in total. The highest BCUT2D eigenvalue weighted by Gasteiger charge is 2.29. The molecule has 2 fully saturated rings. The van der Waals surface area contributed by atoms with Crippen LogP contribution < -0.4 is 10.5 Å². The number of nitrogen functional groups attached to an aromatic ring is 1. The molecule has 2 aliphatic carbocycles. The molecule has 4 heteroatoms. The van der Waals surface area contributed by atoms with E-state index in [-0.39, 0.29) is 0 Å². The van der Waals surface area contributed by atoms with E-state index < -0.39 is 0 Å². The number of aromatic nitrogens is 2. The van der Waals surface area contributed by atoms with Crippen molar-refractivity contribution in [1.29, 1.82) is 0 Å². The summed E-state index contributed by atoms with van der Waals surface area (Å²) in [7, 11) is 0. The molecule has 20 heavy (non-hydrogen) atoms. The van der Waals surface area contributed by atoms with Crippen molar-refractivity contribution < 1.29 is 4.74 Å². The Morgan fingerprint density at radius 1 is 1.20 bits per heavy atom. The van der Waals surface area contributed by atoms with Crippen LogP contribution in [-0.2, 0) is 0 Å². The van der Waals surface area contributed by atoms with Gasteiger partial charge in [-0.1, -0.05) is 19.8 Å². The number of hydrogen-bond acceptors (Lipinski definition) is 4. The van der Waals surface area contributed by atoms with Gasteiger partial charge in [0, 0.05) is 5.92 Å². The van der Waals surface area contributed by atoms with Crippen molar-refractivity contribution in [3.63, 3.8) is 0 Å². The molecule has 0 amide bonds. The van der Waals surface area contributed by atoms with Crippen LogP contribution in [0.1, 0.15) is 69.2 Å². The highest BCUT2D eigenvalue weighted by atomic mass is 16.5. The lowest BCUT2D eigenvalue weighted by Crippen LogP contribution is -2.26. The summed E-state index contributed by atoms with van der Waals surface area (Å²) in [5.74, 6) is 3.50. The van der Waals surface area contributed by atoms with E-state index in [1.165, 1.54) is 32.1 Å². The van der Waals surface area contributed by atoms with Crippen molar-refractivity contribution in [2.75, 3.05) is 5.73 Å². The van der Waals surface area contributed by atoms with E-state index in [1.54, 1.807) is 0 Å². The fourth-order valence-corrected chi connectivity index (χ4v) is 3.05. The Kier molecular flexibility index (Phi) is 3.81. The Labute approximate surface area is 121 Å². The summed E-state index contributed by atoms with van der Waals surface area (Å²) in [6, 6.07) is 0. The molecule has 0 bridgehead atoms. The predicted octanol–water partition coefficient (Wildman–Crippen LogP) is 3.59. The summed E-state index contributed by atoms with van der Waals surface area (Å²) in [6.07, 6.45) is 8.81. The van der Waals surface area contributed by atoms with E-state index in [0.717, 1.165) is 36.0 Å². The zero-order chi connectivity index (χ0) is 14.1. The van der Waals surface area contributed by atoms with Gasteiger partial charge in [0.1, 0.15) is 17.7 Å². The van der Waals surface area contributed by atoms with Crippen LogP contribution >= 0.6 is 0 Å². The summed E-state index contributed by atoms with van der Waals surface area (Å²) in [6.45, 7) is 4.23. The smallest absolute Gasteiger partial charge is 0.222 e. The highest BCUT2D eigenvalue weighted by Crippen LogP contribution is 2.40. The number of ether oxygens (including phenoxy) is 1. The number of hydrogen-bond donors (Lipinski definition) is 1. The minimum Gasteiger partial charge on any atom is -0.474 e. The molecule has 0 spiro atoms. The standard InChI is InChI=1S/C16H25N3O/c1-3-11-5-4-6-13(9-11)20-16-10(2)14(17)18-15(19-16)12-7-8-12/h11-13H,3-9H2,1-2H3,(H2,17,18,19). The first kappa shape index (κ1) is 13.7. The maximum absolute atomic E-state index is 6.19. The summed E-state index contributed by atoms with van der Waals surface area (Å²) in [5, 5.41) is 0. The molecule has 0 saturated heterocycles. The largest absolute Gasteiger partial charge is 0.474 e. The molecular weight excluding hydrogens is 250 g/mol. The Morgan fingerprint density at radius 2 is 2.00 bits per heavy atom. The van der Waals surface area contributed by atoms with Crippen LogP contribution in [-0.4, -0.2) is 16.1 Å². The van der Waals surface area contributed by atoms with Crippen LogP contribution in [0.4, 0.5) is 5.82 Å². The number of anilines is 1. The lowest BCUT2D eigenvalue weighted by molar-refractivity contribution is 0.116.